The second-order valence-corrected chi connectivity index (χ2v) is 8.60. The molecule has 1 aliphatic carbocycles. The van der Waals surface area contributed by atoms with Crippen molar-refractivity contribution in [2.24, 2.45) is 0 Å². The molecule has 2 amide bonds. The predicted octanol–water partition coefficient (Wildman–Crippen LogP) is 4.53. The number of thiazole rings is 1. The summed E-state index contributed by atoms with van der Waals surface area (Å²) in [6.45, 7) is 0. The van der Waals surface area contributed by atoms with Gasteiger partial charge in [0, 0.05) is 23.5 Å². The van der Waals surface area contributed by atoms with Crippen LogP contribution < -0.4 is 16.0 Å². The zero-order valence-electron chi connectivity index (χ0n) is 17.4. The molecule has 172 valence electrons. The Labute approximate surface area is 192 Å². The van der Waals surface area contributed by atoms with Gasteiger partial charge in [0.2, 0.25) is 5.91 Å². The molecule has 4 rings (SSSR count). The molecular formula is C23H21F3N4O2S. The third kappa shape index (κ3) is 6.32. The number of anilines is 2. The van der Waals surface area contributed by atoms with Gasteiger partial charge in [-0.05, 0) is 36.6 Å². The number of hydrogen-bond donors (Lipinski definition) is 3. The van der Waals surface area contributed by atoms with Crippen molar-refractivity contribution in [3.8, 4) is 0 Å². The first-order valence-corrected chi connectivity index (χ1v) is 11.2. The molecule has 3 N–H and O–H groups in total. The van der Waals surface area contributed by atoms with Gasteiger partial charge in [0.05, 0.1) is 5.56 Å². The van der Waals surface area contributed by atoms with Crippen LogP contribution in [0.15, 0.2) is 60.0 Å². The van der Waals surface area contributed by atoms with Crippen molar-refractivity contribution in [1.29, 1.82) is 0 Å². The molecule has 0 aliphatic heterocycles. The fraction of sp³-hybridized carbons (Fsp3) is 0.261. The van der Waals surface area contributed by atoms with Gasteiger partial charge >= 0.3 is 6.18 Å². The Kier molecular flexibility index (Phi) is 6.64. The number of halogens is 3. The predicted molar refractivity (Wildman–Crippen MR) is 119 cm³/mol. The summed E-state index contributed by atoms with van der Waals surface area (Å²) >= 11 is 1.08. The van der Waals surface area contributed by atoms with E-state index in [0.717, 1.165) is 41.9 Å². The summed E-state index contributed by atoms with van der Waals surface area (Å²) in [4.78, 5) is 29.6. The highest BCUT2D eigenvalue weighted by molar-refractivity contribution is 7.14. The van der Waals surface area contributed by atoms with Crippen LogP contribution in [0.2, 0.25) is 0 Å². The molecule has 6 nitrogen and oxygen atoms in total. The van der Waals surface area contributed by atoms with Crippen molar-refractivity contribution in [3.63, 3.8) is 0 Å². The van der Waals surface area contributed by atoms with E-state index < -0.39 is 23.7 Å². The van der Waals surface area contributed by atoms with Gasteiger partial charge in [-0.2, -0.15) is 13.2 Å². The van der Waals surface area contributed by atoms with Crippen molar-refractivity contribution in [2.75, 3.05) is 5.32 Å². The lowest BCUT2D eigenvalue weighted by Crippen LogP contribution is -2.48. The molecule has 1 aliphatic rings. The normalized spacial score (nSPS) is 14.4. The molecule has 0 radical (unpaired) electrons. The molecule has 0 unspecified atom stereocenters. The topological polar surface area (TPSA) is 83.1 Å². The quantitative estimate of drug-likeness (QED) is 0.448. The zero-order chi connectivity index (χ0) is 23.4. The largest absolute Gasteiger partial charge is 0.416 e. The van der Waals surface area contributed by atoms with Crippen molar-refractivity contribution in [3.05, 3.63) is 76.8 Å². The second kappa shape index (κ2) is 9.62. The van der Waals surface area contributed by atoms with Gasteiger partial charge in [0.25, 0.3) is 5.91 Å². The number of nitrogens with one attached hydrogen (secondary N) is 3. The SMILES string of the molecule is O=C(N[C@@H](Cc1ccccc1)C(=O)NC1CC1)c1csc(Nc2cccc(C(F)(F)F)c2)n1. The Morgan fingerprint density at radius 1 is 1.09 bits per heavy atom. The standard InChI is InChI=1S/C23H21F3N4O2S/c24-23(25,26)15-7-4-8-17(12-15)28-22-30-19(13-33-22)21(32)29-18(20(31)27-16-9-10-16)11-14-5-2-1-3-6-14/h1-8,12-13,16,18H,9-11H2,(H,27,31)(H,28,30)(H,29,32)/t18-/m0/s1. The fourth-order valence-corrected chi connectivity index (χ4v) is 3.86. The molecule has 2 aromatic carbocycles. The number of rotatable bonds is 8. The van der Waals surface area contributed by atoms with Crippen molar-refractivity contribution in [1.82, 2.24) is 15.6 Å². The van der Waals surface area contributed by atoms with Crippen molar-refractivity contribution in [2.45, 2.75) is 37.5 Å². The number of hydrogen-bond acceptors (Lipinski definition) is 5. The molecule has 3 aromatic rings. The van der Waals surface area contributed by atoms with Gasteiger partial charge in [0.15, 0.2) is 5.13 Å². The highest BCUT2D eigenvalue weighted by Crippen LogP contribution is 2.31. The van der Waals surface area contributed by atoms with E-state index in [-0.39, 0.29) is 28.5 Å². The van der Waals surface area contributed by atoms with Crippen LogP contribution in [0.3, 0.4) is 0 Å². The number of amides is 2. The summed E-state index contributed by atoms with van der Waals surface area (Å²) in [7, 11) is 0. The monoisotopic (exact) mass is 474 g/mol. The third-order valence-corrected chi connectivity index (χ3v) is 5.76. The molecule has 0 spiro atoms. The summed E-state index contributed by atoms with van der Waals surface area (Å²) in [6, 6.07) is 13.4. The molecule has 1 aromatic heterocycles. The molecule has 1 fully saturated rings. The minimum absolute atomic E-state index is 0.0757. The molecule has 1 saturated carbocycles. The lowest BCUT2D eigenvalue weighted by atomic mass is 10.0. The number of carbonyl (C=O) groups excluding carboxylic acids is 2. The van der Waals surface area contributed by atoms with Crippen molar-refractivity contribution < 1.29 is 22.8 Å². The van der Waals surface area contributed by atoms with E-state index >= 15 is 0 Å². The third-order valence-electron chi connectivity index (χ3n) is 5.01. The fourth-order valence-electron chi connectivity index (χ4n) is 3.15. The first-order chi connectivity index (χ1) is 15.8. The van der Waals surface area contributed by atoms with Crippen LogP contribution in [0.5, 0.6) is 0 Å². The van der Waals surface area contributed by atoms with Gasteiger partial charge < -0.3 is 16.0 Å². The van der Waals surface area contributed by atoms with Gasteiger partial charge in [-0.15, -0.1) is 11.3 Å². The van der Waals surface area contributed by atoms with E-state index in [1.165, 1.54) is 17.5 Å². The Balaban J connectivity index is 1.44. The molecule has 0 saturated heterocycles. The van der Waals surface area contributed by atoms with Crippen LogP contribution in [0.1, 0.15) is 34.5 Å². The van der Waals surface area contributed by atoms with Gasteiger partial charge in [-0.3, -0.25) is 9.59 Å². The average Bonchev–Trinajstić information content (AvgIpc) is 3.48. The minimum atomic E-state index is -4.46. The summed E-state index contributed by atoms with van der Waals surface area (Å²) < 4.78 is 38.7. The first-order valence-electron chi connectivity index (χ1n) is 10.3. The van der Waals surface area contributed by atoms with Crippen LogP contribution in [0, 0.1) is 0 Å². The van der Waals surface area contributed by atoms with Crippen LogP contribution in [-0.2, 0) is 17.4 Å². The Hall–Kier alpha value is -3.40. The maximum absolute atomic E-state index is 12.9. The molecule has 33 heavy (non-hydrogen) atoms. The van der Waals surface area contributed by atoms with E-state index in [1.807, 2.05) is 30.3 Å². The maximum Gasteiger partial charge on any atom is 0.416 e. The lowest BCUT2D eigenvalue weighted by Gasteiger charge is -2.18. The summed E-state index contributed by atoms with van der Waals surface area (Å²) in [5.74, 6) is -0.789. The van der Waals surface area contributed by atoms with E-state index in [0.29, 0.717) is 6.42 Å². The Morgan fingerprint density at radius 2 is 1.85 bits per heavy atom. The number of nitrogens with zero attached hydrogens (tertiary/aromatic N) is 1. The number of benzene rings is 2. The summed E-state index contributed by atoms with van der Waals surface area (Å²) in [5.41, 5.74) is 0.398. The average molecular weight is 475 g/mol. The highest BCUT2D eigenvalue weighted by atomic mass is 32.1. The summed E-state index contributed by atoms with van der Waals surface area (Å²) in [5, 5.41) is 10.2. The molecule has 1 atom stereocenters. The van der Waals surface area contributed by atoms with Crippen LogP contribution in [-0.4, -0.2) is 28.9 Å². The van der Waals surface area contributed by atoms with Gasteiger partial charge in [-0.25, -0.2) is 4.98 Å². The second-order valence-electron chi connectivity index (χ2n) is 7.74. The Morgan fingerprint density at radius 3 is 2.55 bits per heavy atom. The van der Waals surface area contributed by atoms with Gasteiger partial charge in [-0.1, -0.05) is 36.4 Å². The van der Waals surface area contributed by atoms with Crippen LogP contribution in [0.25, 0.3) is 0 Å². The number of aromatic nitrogens is 1. The lowest BCUT2D eigenvalue weighted by molar-refractivity contribution is -0.137. The van der Waals surface area contributed by atoms with E-state index in [4.69, 9.17) is 0 Å². The molecule has 0 bridgehead atoms. The van der Waals surface area contributed by atoms with E-state index in [1.54, 1.807) is 0 Å². The summed E-state index contributed by atoms with van der Waals surface area (Å²) in [6.07, 6.45) is -2.28. The van der Waals surface area contributed by atoms with Gasteiger partial charge in [0.1, 0.15) is 11.7 Å². The minimum Gasteiger partial charge on any atom is -0.352 e. The van der Waals surface area contributed by atoms with Crippen molar-refractivity contribution >= 4 is 34.0 Å². The highest BCUT2D eigenvalue weighted by Gasteiger charge is 2.31. The van der Waals surface area contributed by atoms with E-state index in [2.05, 4.69) is 20.9 Å². The Bertz CT molecular complexity index is 1130. The van der Waals surface area contributed by atoms with E-state index in [9.17, 15) is 22.8 Å². The van der Waals surface area contributed by atoms with Crippen LogP contribution in [0.4, 0.5) is 24.0 Å². The first kappa shape index (κ1) is 22.8. The zero-order valence-corrected chi connectivity index (χ0v) is 18.2. The number of carbonyl (C=O) groups is 2. The molecular weight excluding hydrogens is 453 g/mol. The smallest absolute Gasteiger partial charge is 0.352 e. The molecule has 1 heterocycles. The number of alkyl halides is 3. The molecule has 10 heteroatoms. The van der Waals surface area contributed by atoms with Crippen LogP contribution >= 0.6 is 11.3 Å². The maximum atomic E-state index is 12.9.